The minimum Gasteiger partial charge on any atom is -0.506 e. The first-order chi connectivity index (χ1) is 20.0. The zero-order valence-electron chi connectivity index (χ0n) is 22.2. The van der Waals surface area contributed by atoms with Crippen LogP contribution in [0.25, 0.3) is 5.65 Å². The number of alkyl halides is 3. The number of ether oxygens (including phenoxy) is 2. The zero-order valence-corrected chi connectivity index (χ0v) is 23.7. The van der Waals surface area contributed by atoms with Crippen molar-refractivity contribution in [2.45, 2.75) is 12.7 Å². The van der Waals surface area contributed by atoms with Gasteiger partial charge in [-0.2, -0.15) is 13.2 Å². The number of phenolic OH excluding ortho intramolecular Hbond substituents is 1. The summed E-state index contributed by atoms with van der Waals surface area (Å²) in [4.78, 5) is 20.8. The summed E-state index contributed by atoms with van der Waals surface area (Å²) in [6.07, 6.45) is -4.01. The van der Waals surface area contributed by atoms with Gasteiger partial charge in [0.25, 0.3) is 0 Å². The van der Waals surface area contributed by atoms with Crippen LogP contribution in [0.3, 0.4) is 0 Å². The number of carbonyl (C=O) groups excluding carboxylic acids is 1. The summed E-state index contributed by atoms with van der Waals surface area (Å²) < 4.78 is 53.3. The van der Waals surface area contributed by atoms with Crippen molar-refractivity contribution in [3.8, 4) is 11.5 Å². The van der Waals surface area contributed by atoms with Gasteiger partial charge in [0, 0.05) is 31.8 Å². The number of aromatic hydroxyl groups is 1. The SMILES string of the molecule is COc1ccc(CN(CC(=O)Nc2cc(Cl)c(Cl)cc2O)c2cc(N3CCOCC3)nn3c(C(F)(F)F)cnc23)cc1. The molecular weight excluding hydrogens is 600 g/mol. The number of hydrogen-bond donors (Lipinski definition) is 2. The Morgan fingerprint density at radius 1 is 1.14 bits per heavy atom. The van der Waals surface area contributed by atoms with Crippen molar-refractivity contribution in [3.63, 3.8) is 0 Å². The summed E-state index contributed by atoms with van der Waals surface area (Å²) in [5, 5.41) is 17.4. The number of hydrogen-bond acceptors (Lipinski definition) is 8. The molecule has 0 radical (unpaired) electrons. The van der Waals surface area contributed by atoms with Crippen molar-refractivity contribution in [1.29, 1.82) is 0 Å². The number of benzene rings is 2. The zero-order chi connectivity index (χ0) is 30.0. The van der Waals surface area contributed by atoms with Crippen LogP contribution in [0, 0.1) is 0 Å². The lowest BCUT2D eigenvalue weighted by molar-refractivity contribution is -0.142. The lowest BCUT2D eigenvalue weighted by Gasteiger charge is -2.30. The summed E-state index contributed by atoms with van der Waals surface area (Å²) in [7, 11) is 1.53. The van der Waals surface area contributed by atoms with Gasteiger partial charge < -0.3 is 29.7 Å². The number of fused-ring (bicyclic) bond motifs is 1. The highest BCUT2D eigenvalue weighted by Gasteiger charge is 2.36. The van der Waals surface area contributed by atoms with E-state index in [-0.39, 0.29) is 51.7 Å². The number of anilines is 3. The molecule has 2 aromatic heterocycles. The Kier molecular flexibility index (Phi) is 8.53. The van der Waals surface area contributed by atoms with E-state index in [0.29, 0.717) is 38.2 Å². The van der Waals surface area contributed by atoms with Crippen LogP contribution in [0.4, 0.5) is 30.4 Å². The van der Waals surface area contributed by atoms with Gasteiger partial charge in [-0.05, 0) is 23.8 Å². The minimum atomic E-state index is -4.73. The first kappa shape index (κ1) is 29.5. The van der Waals surface area contributed by atoms with Gasteiger partial charge in [0.1, 0.15) is 11.5 Å². The van der Waals surface area contributed by atoms with Crippen molar-refractivity contribution < 1.29 is 32.5 Å². The second-order valence-corrected chi connectivity index (χ2v) is 10.2. The van der Waals surface area contributed by atoms with Gasteiger partial charge >= 0.3 is 6.18 Å². The molecule has 10 nitrogen and oxygen atoms in total. The lowest BCUT2D eigenvalue weighted by Crippen LogP contribution is -2.38. The Hall–Kier alpha value is -3.94. The Labute approximate surface area is 248 Å². The van der Waals surface area contributed by atoms with Crippen LogP contribution in [0.2, 0.25) is 10.0 Å². The van der Waals surface area contributed by atoms with E-state index in [0.717, 1.165) is 10.1 Å². The molecule has 42 heavy (non-hydrogen) atoms. The maximum Gasteiger partial charge on any atom is 0.435 e. The standard InChI is InChI=1S/C27H25Cl2F3N6O4/c1-41-17-4-2-16(3-5-17)14-37(15-25(40)34-20-10-18(28)19(29)11-22(20)39)21-12-24(36-6-8-42-9-7-36)35-38-23(27(30,31)32)13-33-26(21)38/h2-5,10-13,39H,6-9,14-15H2,1H3,(H,34,40). The van der Waals surface area contributed by atoms with Gasteiger partial charge in [0.05, 0.1) is 54.5 Å². The maximum absolute atomic E-state index is 14.0. The number of imidazole rings is 1. The smallest absolute Gasteiger partial charge is 0.435 e. The number of rotatable bonds is 8. The molecule has 222 valence electrons. The summed E-state index contributed by atoms with van der Waals surface area (Å²) >= 11 is 12.0. The van der Waals surface area contributed by atoms with Gasteiger partial charge in [0.2, 0.25) is 5.91 Å². The first-order valence-electron chi connectivity index (χ1n) is 12.7. The molecule has 1 amide bonds. The summed E-state index contributed by atoms with van der Waals surface area (Å²) in [6.45, 7) is 1.39. The van der Waals surface area contributed by atoms with Crippen LogP contribution in [0.1, 0.15) is 11.3 Å². The van der Waals surface area contributed by atoms with Gasteiger partial charge in [-0.25, -0.2) is 9.50 Å². The normalized spacial score (nSPS) is 13.8. The Balaban J connectivity index is 1.58. The number of methoxy groups -OCH3 is 1. The van der Waals surface area contributed by atoms with E-state index in [1.807, 2.05) is 4.90 Å². The van der Waals surface area contributed by atoms with E-state index in [1.165, 1.54) is 19.2 Å². The molecule has 0 spiro atoms. The minimum absolute atomic E-state index is 0.0212. The van der Waals surface area contributed by atoms with E-state index in [9.17, 15) is 23.1 Å². The summed E-state index contributed by atoms with van der Waals surface area (Å²) in [6, 6.07) is 11.1. The van der Waals surface area contributed by atoms with Gasteiger partial charge in [-0.3, -0.25) is 4.79 Å². The monoisotopic (exact) mass is 624 g/mol. The van der Waals surface area contributed by atoms with Crippen LogP contribution in [0.5, 0.6) is 11.5 Å². The predicted octanol–water partition coefficient (Wildman–Crippen LogP) is 5.25. The number of halogens is 5. The molecule has 0 atom stereocenters. The van der Waals surface area contributed by atoms with E-state index in [2.05, 4.69) is 15.4 Å². The molecule has 15 heteroatoms. The molecule has 0 saturated carbocycles. The number of nitrogens with one attached hydrogen (secondary N) is 1. The van der Waals surface area contributed by atoms with Crippen LogP contribution in [0.15, 0.2) is 48.7 Å². The Bertz CT molecular complexity index is 1590. The molecule has 0 unspecified atom stereocenters. The van der Waals surface area contributed by atoms with Gasteiger partial charge in [-0.1, -0.05) is 35.3 Å². The van der Waals surface area contributed by atoms with Crippen molar-refractivity contribution in [3.05, 3.63) is 70.0 Å². The van der Waals surface area contributed by atoms with E-state index in [4.69, 9.17) is 32.7 Å². The number of morpholine rings is 1. The molecule has 0 bridgehead atoms. The summed E-state index contributed by atoms with van der Waals surface area (Å²) in [5.74, 6) is -0.000181. The molecule has 3 heterocycles. The molecular formula is C27H25Cl2F3N6O4. The molecule has 1 fully saturated rings. The molecule has 1 aliphatic heterocycles. The molecule has 4 aromatic rings. The Morgan fingerprint density at radius 2 is 1.83 bits per heavy atom. The van der Waals surface area contributed by atoms with Crippen molar-refractivity contribution in [2.75, 3.05) is 55.1 Å². The van der Waals surface area contributed by atoms with Crippen molar-refractivity contribution in [2.24, 2.45) is 0 Å². The third-order valence-electron chi connectivity index (χ3n) is 6.58. The third-order valence-corrected chi connectivity index (χ3v) is 7.30. The second kappa shape index (κ2) is 12.1. The maximum atomic E-state index is 14.0. The van der Waals surface area contributed by atoms with E-state index < -0.39 is 17.8 Å². The highest BCUT2D eigenvalue weighted by atomic mass is 35.5. The Morgan fingerprint density at radius 3 is 2.50 bits per heavy atom. The average Bonchev–Trinajstić information content (AvgIpc) is 3.41. The highest BCUT2D eigenvalue weighted by Crippen LogP contribution is 2.35. The second-order valence-electron chi connectivity index (χ2n) is 9.40. The van der Waals surface area contributed by atoms with Gasteiger partial charge in [-0.15, -0.1) is 5.10 Å². The summed E-state index contributed by atoms with van der Waals surface area (Å²) in [5.41, 5.74) is -0.132. The number of carbonyl (C=O) groups is 1. The van der Waals surface area contributed by atoms with Crippen LogP contribution < -0.4 is 19.9 Å². The van der Waals surface area contributed by atoms with Crippen molar-refractivity contribution >= 4 is 51.9 Å². The number of aromatic nitrogens is 3. The number of amides is 1. The number of nitrogens with zero attached hydrogens (tertiary/aromatic N) is 5. The molecule has 0 aliphatic carbocycles. The van der Waals surface area contributed by atoms with E-state index >= 15 is 0 Å². The topological polar surface area (TPSA) is 104 Å². The molecule has 5 rings (SSSR count). The molecule has 2 aromatic carbocycles. The van der Waals surface area contributed by atoms with E-state index in [1.54, 1.807) is 35.2 Å². The van der Waals surface area contributed by atoms with Crippen molar-refractivity contribution in [1.82, 2.24) is 14.6 Å². The molecule has 1 aliphatic rings. The van der Waals surface area contributed by atoms with Crippen LogP contribution >= 0.6 is 23.2 Å². The largest absolute Gasteiger partial charge is 0.506 e. The first-order valence-corrected chi connectivity index (χ1v) is 13.4. The van der Waals surface area contributed by atoms with Gasteiger partial charge in [0.15, 0.2) is 17.2 Å². The lowest BCUT2D eigenvalue weighted by atomic mass is 10.2. The quantitative estimate of drug-likeness (QED) is 0.256. The number of phenols is 1. The predicted molar refractivity (Wildman–Crippen MR) is 152 cm³/mol. The fourth-order valence-electron chi connectivity index (χ4n) is 4.49. The van der Waals surface area contributed by atoms with Crippen LogP contribution in [-0.4, -0.2) is 65.6 Å². The molecule has 1 saturated heterocycles. The third kappa shape index (κ3) is 6.42. The highest BCUT2D eigenvalue weighted by molar-refractivity contribution is 6.42. The fourth-order valence-corrected chi connectivity index (χ4v) is 4.81. The average molecular weight is 625 g/mol. The molecule has 2 N–H and O–H groups in total. The van der Waals surface area contributed by atoms with Crippen LogP contribution in [-0.2, 0) is 22.3 Å². The fraction of sp³-hybridized carbons (Fsp3) is 0.296.